The normalized spacial score (nSPS) is 15.5. The topological polar surface area (TPSA) is 28.7 Å². The van der Waals surface area contributed by atoms with E-state index in [2.05, 4.69) is 6.07 Å². The average molecular weight is 386 g/mol. The number of hydrogen-bond donors (Lipinski definition) is 0. The molecule has 0 saturated carbocycles. The summed E-state index contributed by atoms with van der Waals surface area (Å²) < 4.78 is 44.3. The lowest BCUT2D eigenvalue weighted by molar-refractivity contribution is -0.0116. The van der Waals surface area contributed by atoms with Gasteiger partial charge in [-0.25, -0.2) is 13.2 Å². The lowest BCUT2D eigenvalue weighted by Crippen LogP contribution is -2.19. The second-order valence-corrected chi connectivity index (χ2v) is 7.92. The molecule has 0 radical (unpaired) electrons. The maximum Gasteiger partial charge on any atom is 0.275 e. The fourth-order valence-corrected chi connectivity index (χ4v) is 4.85. The number of fused-ring (bicyclic) bond motifs is 2. The molecule has 3 aromatic rings. The van der Waals surface area contributed by atoms with Gasteiger partial charge in [-0.1, -0.05) is 6.07 Å². The van der Waals surface area contributed by atoms with Crippen molar-refractivity contribution in [3.05, 3.63) is 64.6 Å². The maximum atomic E-state index is 14.3. The van der Waals surface area contributed by atoms with Crippen molar-refractivity contribution < 1.29 is 13.2 Å². The zero-order chi connectivity index (χ0) is 19.2. The standard InChI is InChI=1S/C21H17F3N2S/c1-13-16(17-12-15(22)3-4-19(17)26(13)8-7-25)10-14-2-5-20-18(11-14)21(23,24)6-9-27-20/h2-5,11-12H,6,8-10H2,1H3. The van der Waals surface area contributed by atoms with E-state index in [4.69, 9.17) is 5.26 Å². The highest BCUT2D eigenvalue weighted by Crippen LogP contribution is 2.44. The molecule has 0 N–H and O–H groups in total. The quantitative estimate of drug-likeness (QED) is 0.570. The van der Waals surface area contributed by atoms with Gasteiger partial charge >= 0.3 is 0 Å². The van der Waals surface area contributed by atoms with E-state index < -0.39 is 5.92 Å². The monoisotopic (exact) mass is 386 g/mol. The van der Waals surface area contributed by atoms with Crippen LogP contribution in [-0.2, 0) is 18.9 Å². The number of nitrogens with zero attached hydrogens (tertiary/aromatic N) is 2. The minimum atomic E-state index is -2.81. The molecular formula is C21H17F3N2S. The molecule has 0 bridgehead atoms. The van der Waals surface area contributed by atoms with E-state index in [9.17, 15) is 13.2 Å². The summed E-state index contributed by atoms with van der Waals surface area (Å²) in [5.41, 5.74) is 3.35. The molecular weight excluding hydrogens is 369 g/mol. The molecule has 0 saturated heterocycles. The van der Waals surface area contributed by atoms with E-state index in [-0.39, 0.29) is 24.3 Å². The SMILES string of the molecule is Cc1c(Cc2ccc3c(c2)C(F)(F)CCS3)c2cc(F)ccc2n1CC#N. The van der Waals surface area contributed by atoms with Crippen LogP contribution in [0.15, 0.2) is 41.3 Å². The van der Waals surface area contributed by atoms with Crippen LogP contribution >= 0.6 is 11.8 Å². The van der Waals surface area contributed by atoms with Crippen LogP contribution in [0.4, 0.5) is 13.2 Å². The summed E-state index contributed by atoms with van der Waals surface area (Å²) in [6.07, 6.45) is 0.262. The van der Waals surface area contributed by atoms with Crippen LogP contribution in [0.5, 0.6) is 0 Å². The number of benzene rings is 2. The molecule has 27 heavy (non-hydrogen) atoms. The Hall–Kier alpha value is -2.39. The van der Waals surface area contributed by atoms with Crippen molar-refractivity contribution in [3.8, 4) is 6.07 Å². The second-order valence-electron chi connectivity index (χ2n) is 6.78. The van der Waals surface area contributed by atoms with Crippen LogP contribution in [0.25, 0.3) is 10.9 Å². The van der Waals surface area contributed by atoms with E-state index in [0.717, 1.165) is 27.7 Å². The number of nitriles is 1. The first kappa shape index (κ1) is 18.0. The van der Waals surface area contributed by atoms with Gasteiger partial charge in [0.15, 0.2) is 0 Å². The third-order valence-corrected chi connectivity index (χ3v) is 6.21. The molecule has 1 aliphatic rings. The number of aromatic nitrogens is 1. The number of thioether (sulfide) groups is 1. The lowest BCUT2D eigenvalue weighted by Gasteiger charge is -2.25. The van der Waals surface area contributed by atoms with E-state index in [0.29, 0.717) is 17.1 Å². The molecule has 0 fully saturated rings. The summed E-state index contributed by atoms with van der Waals surface area (Å²) >= 11 is 1.45. The highest BCUT2D eigenvalue weighted by Gasteiger charge is 2.37. The van der Waals surface area contributed by atoms with Gasteiger partial charge in [0.1, 0.15) is 12.4 Å². The Morgan fingerprint density at radius 2 is 2.04 bits per heavy atom. The summed E-state index contributed by atoms with van der Waals surface area (Å²) in [4.78, 5) is 0.629. The predicted molar refractivity (Wildman–Crippen MR) is 101 cm³/mol. The summed E-state index contributed by atoms with van der Waals surface area (Å²) in [5, 5.41) is 9.84. The Balaban J connectivity index is 1.82. The molecule has 138 valence electrons. The highest BCUT2D eigenvalue weighted by molar-refractivity contribution is 7.99. The minimum Gasteiger partial charge on any atom is -0.331 e. The van der Waals surface area contributed by atoms with Crippen molar-refractivity contribution in [2.45, 2.75) is 37.1 Å². The molecule has 6 heteroatoms. The molecule has 0 amide bonds. The molecule has 2 heterocycles. The van der Waals surface area contributed by atoms with Gasteiger partial charge in [0.25, 0.3) is 5.92 Å². The molecule has 4 rings (SSSR count). The van der Waals surface area contributed by atoms with Gasteiger partial charge < -0.3 is 4.57 Å². The van der Waals surface area contributed by atoms with E-state index in [1.165, 1.54) is 23.9 Å². The number of hydrogen-bond acceptors (Lipinski definition) is 2. The Kier molecular flexibility index (Phi) is 4.43. The average Bonchev–Trinajstić information content (AvgIpc) is 2.87. The third-order valence-electron chi connectivity index (χ3n) is 5.14. The van der Waals surface area contributed by atoms with Gasteiger partial charge in [0.2, 0.25) is 0 Å². The fourth-order valence-electron chi connectivity index (χ4n) is 3.75. The Labute approximate surface area is 159 Å². The van der Waals surface area contributed by atoms with Crippen LogP contribution in [0.3, 0.4) is 0 Å². The van der Waals surface area contributed by atoms with Gasteiger partial charge in [-0.2, -0.15) is 5.26 Å². The smallest absolute Gasteiger partial charge is 0.275 e. The van der Waals surface area contributed by atoms with Gasteiger partial charge in [-0.05, 0) is 54.8 Å². The summed E-state index contributed by atoms with van der Waals surface area (Å²) in [7, 11) is 0. The molecule has 1 aliphatic heterocycles. The number of halogens is 3. The fraction of sp³-hybridized carbons (Fsp3) is 0.286. The third kappa shape index (κ3) is 3.10. The van der Waals surface area contributed by atoms with Crippen LogP contribution in [0.2, 0.25) is 0 Å². The van der Waals surface area contributed by atoms with Crippen LogP contribution in [-0.4, -0.2) is 10.3 Å². The number of alkyl halides is 2. The van der Waals surface area contributed by atoms with Crippen molar-refractivity contribution in [2.75, 3.05) is 5.75 Å². The van der Waals surface area contributed by atoms with Gasteiger partial charge in [0.05, 0.1) is 6.07 Å². The predicted octanol–water partition coefficient (Wildman–Crippen LogP) is 5.79. The molecule has 1 aromatic heterocycles. The minimum absolute atomic E-state index is 0.0841. The van der Waals surface area contributed by atoms with E-state index in [1.54, 1.807) is 18.2 Å². The number of rotatable bonds is 3. The van der Waals surface area contributed by atoms with Gasteiger partial charge in [-0.3, -0.25) is 0 Å². The van der Waals surface area contributed by atoms with Gasteiger partial charge in [0, 0.05) is 39.2 Å². The van der Waals surface area contributed by atoms with Crippen molar-refractivity contribution >= 4 is 22.7 Å². The van der Waals surface area contributed by atoms with Crippen LogP contribution in [0.1, 0.15) is 28.8 Å². The lowest BCUT2D eigenvalue weighted by atomic mass is 9.97. The first-order valence-corrected chi connectivity index (χ1v) is 9.67. The molecule has 0 spiro atoms. The first-order chi connectivity index (χ1) is 12.9. The first-order valence-electron chi connectivity index (χ1n) is 8.69. The molecule has 2 nitrogen and oxygen atoms in total. The Morgan fingerprint density at radius 1 is 1.22 bits per heavy atom. The Morgan fingerprint density at radius 3 is 2.81 bits per heavy atom. The zero-order valence-electron chi connectivity index (χ0n) is 14.7. The summed E-state index contributed by atoms with van der Waals surface area (Å²) in [6.45, 7) is 2.04. The van der Waals surface area contributed by atoms with Crippen LogP contribution in [0, 0.1) is 24.1 Å². The van der Waals surface area contributed by atoms with Crippen molar-refractivity contribution in [1.82, 2.24) is 4.57 Å². The largest absolute Gasteiger partial charge is 0.331 e. The maximum absolute atomic E-state index is 14.3. The summed E-state index contributed by atoms with van der Waals surface area (Å²) in [5.74, 6) is -2.75. The molecule has 0 atom stereocenters. The highest BCUT2D eigenvalue weighted by atomic mass is 32.2. The summed E-state index contributed by atoms with van der Waals surface area (Å²) in [6, 6.07) is 11.8. The molecule has 0 aliphatic carbocycles. The van der Waals surface area contributed by atoms with E-state index in [1.807, 2.05) is 17.6 Å². The van der Waals surface area contributed by atoms with Gasteiger partial charge in [-0.15, -0.1) is 11.8 Å². The van der Waals surface area contributed by atoms with Crippen LogP contribution < -0.4 is 0 Å². The molecule has 0 unspecified atom stereocenters. The van der Waals surface area contributed by atoms with Crippen molar-refractivity contribution in [1.29, 1.82) is 5.26 Å². The van der Waals surface area contributed by atoms with E-state index >= 15 is 0 Å². The Bertz CT molecular complexity index is 1080. The zero-order valence-corrected chi connectivity index (χ0v) is 15.5. The second kappa shape index (κ2) is 6.65. The van der Waals surface area contributed by atoms with Crippen molar-refractivity contribution in [2.24, 2.45) is 0 Å². The van der Waals surface area contributed by atoms with Crippen molar-refractivity contribution in [3.63, 3.8) is 0 Å². The molecule has 2 aromatic carbocycles.